The smallest absolute Gasteiger partial charge is 0.325 e. The van der Waals surface area contributed by atoms with Gasteiger partial charge in [0, 0.05) is 32.2 Å². The van der Waals surface area contributed by atoms with E-state index in [1.54, 1.807) is 35.2 Å². The molecule has 2 heterocycles. The summed E-state index contributed by atoms with van der Waals surface area (Å²) in [5.41, 5.74) is 0.0668. The normalized spacial score (nSPS) is 20.4. The van der Waals surface area contributed by atoms with E-state index in [1.807, 2.05) is 30.0 Å². The van der Waals surface area contributed by atoms with E-state index in [-0.39, 0.29) is 18.1 Å². The van der Waals surface area contributed by atoms with Gasteiger partial charge in [-0.1, -0.05) is 55.8 Å². The summed E-state index contributed by atoms with van der Waals surface area (Å²) in [5.74, 6) is -0.747. The van der Waals surface area contributed by atoms with E-state index in [4.69, 9.17) is 0 Å². The van der Waals surface area contributed by atoms with Crippen LogP contribution in [-0.2, 0) is 15.1 Å². The number of nitro benzene ring substituents is 1. The molecule has 0 bridgehead atoms. The van der Waals surface area contributed by atoms with Crippen LogP contribution in [0, 0.1) is 10.1 Å². The van der Waals surface area contributed by atoms with E-state index in [1.165, 1.54) is 6.07 Å². The molecule has 0 spiro atoms. The molecule has 0 aromatic heterocycles. The van der Waals surface area contributed by atoms with Gasteiger partial charge in [-0.2, -0.15) is 0 Å². The molecule has 1 atom stereocenters. The number of benzene rings is 2. The number of carbonyl (C=O) groups excluding carboxylic acids is 3. The molecule has 2 saturated heterocycles. The summed E-state index contributed by atoms with van der Waals surface area (Å²) in [7, 11) is 0. The van der Waals surface area contributed by atoms with Crippen molar-refractivity contribution in [1.82, 2.24) is 15.1 Å². The highest BCUT2D eigenvalue weighted by Gasteiger charge is 2.52. The number of amides is 4. The molecule has 2 aromatic rings. The van der Waals surface area contributed by atoms with Crippen LogP contribution in [0.25, 0.3) is 0 Å². The monoisotopic (exact) mass is 465 g/mol. The zero-order valence-corrected chi connectivity index (χ0v) is 19.0. The van der Waals surface area contributed by atoms with Crippen LogP contribution in [0.5, 0.6) is 0 Å². The first kappa shape index (κ1) is 23.2. The molecule has 0 saturated carbocycles. The van der Waals surface area contributed by atoms with Gasteiger partial charge in [0.2, 0.25) is 5.91 Å². The van der Waals surface area contributed by atoms with Crippen molar-refractivity contribution in [2.45, 2.75) is 25.3 Å². The van der Waals surface area contributed by atoms with Gasteiger partial charge in [0.15, 0.2) is 0 Å². The fraction of sp³-hybridized carbons (Fsp3) is 0.375. The lowest BCUT2D eigenvalue weighted by Crippen LogP contribution is -2.52. The number of hydrogen-bond donors (Lipinski definition) is 1. The fourth-order valence-corrected chi connectivity index (χ4v) is 4.69. The first-order chi connectivity index (χ1) is 16.4. The van der Waals surface area contributed by atoms with E-state index in [9.17, 15) is 24.5 Å². The number of nitro groups is 1. The number of nitrogens with one attached hydrogen (secondary N) is 1. The molecule has 0 aliphatic carbocycles. The maximum absolute atomic E-state index is 13.4. The lowest BCUT2D eigenvalue weighted by Gasteiger charge is -2.36. The van der Waals surface area contributed by atoms with Crippen LogP contribution in [0.4, 0.5) is 16.2 Å². The lowest BCUT2D eigenvalue weighted by atomic mass is 9.85. The van der Waals surface area contributed by atoms with Crippen molar-refractivity contribution in [1.29, 1.82) is 0 Å². The minimum absolute atomic E-state index is 0.0230. The topological polar surface area (TPSA) is 116 Å². The second-order valence-corrected chi connectivity index (χ2v) is 8.46. The average molecular weight is 466 g/mol. The van der Waals surface area contributed by atoms with E-state index < -0.39 is 22.4 Å². The van der Waals surface area contributed by atoms with Crippen molar-refractivity contribution in [2.24, 2.45) is 0 Å². The second kappa shape index (κ2) is 9.50. The highest BCUT2D eigenvalue weighted by atomic mass is 16.6. The summed E-state index contributed by atoms with van der Waals surface area (Å²) in [6.07, 6.45) is 1.11. The predicted octanol–water partition coefficient (Wildman–Crippen LogP) is 2.49. The number of imide groups is 1. The van der Waals surface area contributed by atoms with E-state index in [0.717, 1.165) is 4.90 Å². The lowest BCUT2D eigenvalue weighted by molar-refractivity contribution is -0.384. The van der Waals surface area contributed by atoms with Gasteiger partial charge in [-0.05, 0) is 18.1 Å². The second-order valence-electron chi connectivity index (χ2n) is 8.46. The Balaban J connectivity index is 1.43. The van der Waals surface area contributed by atoms with Crippen molar-refractivity contribution in [3.63, 3.8) is 0 Å². The van der Waals surface area contributed by atoms with Gasteiger partial charge in [0.05, 0.1) is 4.92 Å². The van der Waals surface area contributed by atoms with Crippen LogP contribution in [-0.4, -0.2) is 65.3 Å². The van der Waals surface area contributed by atoms with Crippen molar-refractivity contribution in [3.8, 4) is 0 Å². The molecule has 0 radical (unpaired) electrons. The molecule has 10 heteroatoms. The third-order valence-electron chi connectivity index (χ3n) is 6.41. The third-order valence-corrected chi connectivity index (χ3v) is 6.41. The number of piperazine rings is 1. The zero-order chi connectivity index (χ0) is 24.3. The summed E-state index contributed by atoms with van der Waals surface area (Å²) in [6, 6.07) is 15.0. The Labute approximate surface area is 197 Å². The van der Waals surface area contributed by atoms with Gasteiger partial charge in [-0.25, -0.2) is 4.79 Å². The van der Waals surface area contributed by atoms with Gasteiger partial charge in [-0.15, -0.1) is 0 Å². The van der Waals surface area contributed by atoms with Crippen molar-refractivity contribution in [2.75, 3.05) is 37.6 Å². The maximum atomic E-state index is 13.4. The number of anilines is 1. The van der Waals surface area contributed by atoms with E-state index >= 15 is 0 Å². The Bertz CT molecular complexity index is 1100. The largest absolute Gasteiger partial charge is 0.362 e. The highest BCUT2D eigenvalue weighted by molar-refractivity contribution is 6.09. The maximum Gasteiger partial charge on any atom is 0.325 e. The first-order valence-corrected chi connectivity index (χ1v) is 11.3. The summed E-state index contributed by atoms with van der Waals surface area (Å²) in [5, 5.41) is 14.2. The van der Waals surface area contributed by atoms with Crippen LogP contribution in [0.3, 0.4) is 0 Å². The number of para-hydroxylation sites is 2. The Morgan fingerprint density at radius 2 is 1.68 bits per heavy atom. The van der Waals surface area contributed by atoms with Gasteiger partial charge >= 0.3 is 6.03 Å². The molecule has 2 fully saturated rings. The molecule has 4 amide bonds. The van der Waals surface area contributed by atoms with Crippen LogP contribution in [0.1, 0.15) is 25.3 Å². The van der Waals surface area contributed by atoms with Gasteiger partial charge < -0.3 is 15.1 Å². The SMILES string of the molecule is CCCC1(c2ccccc2)NC(=O)N(CC(=O)N2CCN(c3ccccc3[N+](=O)[O-])CC2)C1=O. The molecule has 34 heavy (non-hydrogen) atoms. The molecule has 1 N–H and O–H groups in total. The first-order valence-electron chi connectivity index (χ1n) is 11.3. The Kier molecular flexibility index (Phi) is 6.49. The molecule has 178 valence electrons. The summed E-state index contributed by atoms with van der Waals surface area (Å²) < 4.78 is 0. The molecule has 1 unspecified atom stereocenters. The summed E-state index contributed by atoms with van der Waals surface area (Å²) >= 11 is 0. The van der Waals surface area contributed by atoms with Crippen molar-refractivity contribution >= 4 is 29.2 Å². The van der Waals surface area contributed by atoms with E-state index in [2.05, 4.69) is 5.32 Å². The average Bonchev–Trinajstić information content (AvgIpc) is 3.09. The molecular formula is C24H27N5O5. The molecule has 4 rings (SSSR count). The van der Waals surface area contributed by atoms with Crippen molar-refractivity contribution < 1.29 is 19.3 Å². The summed E-state index contributed by atoms with van der Waals surface area (Å²) in [4.78, 5) is 54.5. The molecule has 2 aliphatic rings. The van der Waals surface area contributed by atoms with Gasteiger partial charge in [-0.3, -0.25) is 24.6 Å². The minimum Gasteiger partial charge on any atom is -0.362 e. The Hall–Kier alpha value is -3.95. The summed E-state index contributed by atoms with van der Waals surface area (Å²) in [6.45, 7) is 3.12. The van der Waals surface area contributed by atoms with Crippen LogP contribution in [0.15, 0.2) is 54.6 Å². The van der Waals surface area contributed by atoms with E-state index in [0.29, 0.717) is 50.3 Å². The fourth-order valence-electron chi connectivity index (χ4n) is 4.69. The van der Waals surface area contributed by atoms with Crippen LogP contribution >= 0.6 is 0 Å². The zero-order valence-electron chi connectivity index (χ0n) is 19.0. The van der Waals surface area contributed by atoms with Crippen molar-refractivity contribution in [3.05, 3.63) is 70.3 Å². The number of urea groups is 1. The standard InChI is InChI=1S/C24H27N5O5/c1-2-12-24(18-8-4-3-5-9-18)22(31)28(23(32)25-24)17-21(30)27-15-13-26(14-16-27)19-10-6-7-11-20(19)29(33)34/h3-11H,2,12-17H2,1H3,(H,25,32). The van der Waals surface area contributed by atoms with Gasteiger partial charge in [0.1, 0.15) is 17.8 Å². The molecule has 2 aromatic carbocycles. The number of nitrogens with zero attached hydrogens (tertiary/aromatic N) is 4. The highest BCUT2D eigenvalue weighted by Crippen LogP contribution is 2.34. The number of hydrogen-bond acceptors (Lipinski definition) is 6. The molecule has 2 aliphatic heterocycles. The predicted molar refractivity (Wildman–Crippen MR) is 125 cm³/mol. The third kappa shape index (κ3) is 4.18. The Morgan fingerprint density at radius 1 is 1.03 bits per heavy atom. The molecule has 10 nitrogen and oxygen atoms in total. The Morgan fingerprint density at radius 3 is 2.32 bits per heavy atom. The quantitative estimate of drug-likeness (QED) is 0.382. The van der Waals surface area contributed by atoms with Crippen LogP contribution in [0.2, 0.25) is 0 Å². The number of rotatable bonds is 7. The number of carbonyl (C=O) groups is 3. The van der Waals surface area contributed by atoms with Gasteiger partial charge in [0.25, 0.3) is 11.6 Å². The molecular weight excluding hydrogens is 438 g/mol. The minimum atomic E-state index is -1.17. The van der Waals surface area contributed by atoms with Crippen LogP contribution < -0.4 is 10.2 Å².